The Morgan fingerprint density at radius 2 is 2.20 bits per heavy atom. The van der Waals surface area contributed by atoms with Crippen molar-refractivity contribution in [2.45, 2.75) is 11.8 Å². The SMILES string of the molecule is CCNC(=O)CSc1cc(Cl)ccc1Cl. The van der Waals surface area contributed by atoms with Gasteiger partial charge in [-0.3, -0.25) is 4.79 Å². The number of rotatable bonds is 4. The van der Waals surface area contributed by atoms with Crippen molar-refractivity contribution in [3.8, 4) is 0 Å². The number of nitrogens with one attached hydrogen (secondary N) is 1. The third-order valence-electron chi connectivity index (χ3n) is 1.63. The summed E-state index contributed by atoms with van der Waals surface area (Å²) in [6, 6.07) is 5.21. The zero-order chi connectivity index (χ0) is 11.3. The third-order valence-corrected chi connectivity index (χ3v) is 3.36. The van der Waals surface area contributed by atoms with Crippen LogP contribution in [-0.4, -0.2) is 18.2 Å². The molecule has 1 aromatic carbocycles. The number of carbonyl (C=O) groups excluding carboxylic acids is 1. The Hall–Kier alpha value is -0.380. The molecule has 82 valence electrons. The molecule has 15 heavy (non-hydrogen) atoms. The molecule has 0 spiro atoms. The highest BCUT2D eigenvalue weighted by Gasteiger charge is 2.05. The summed E-state index contributed by atoms with van der Waals surface area (Å²) in [7, 11) is 0. The largest absolute Gasteiger partial charge is 0.356 e. The summed E-state index contributed by atoms with van der Waals surface area (Å²) < 4.78 is 0. The van der Waals surface area contributed by atoms with E-state index in [2.05, 4.69) is 5.32 Å². The Balaban J connectivity index is 2.57. The van der Waals surface area contributed by atoms with Gasteiger partial charge in [-0.2, -0.15) is 0 Å². The predicted molar refractivity (Wildman–Crippen MR) is 65.9 cm³/mol. The molecule has 1 amide bonds. The van der Waals surface area contributed by atoms with Crippen molar-refractivity contribution in [2.24, 2.45) is 0 Å². The lowest BCUT2D eigenvalue weighted by atomic mass is 10.4. The molecule has 5 heteroatoms. The topological polar surface area (TPSA) is 29.1 Å². The van der Waals surface area contributed by atoms with Crippen LogP contribution < -0.4 is 5.32 Å². The van der Waals surface area contributed by atoms with E-state index >= 15 is 0 Å². The number of benzene rings is 1. The van der Waals surface area contributed by atoms with E-state index in [-0.39, 0.29) is 5.91 Å². The van der Waals surface area contributed by atoms with Crippen molar-refractivity contribution in [1.82, 2.24) is 5.32 Å². The second kappa shape index (κ2) is 6.26. The Kier molecular flexibility index (Phi) is 5.29. The van der Waals surface area contributed by atoms with E-state index in [4.69, 9.17) is 23.2 Å². The molecule has 1 aromatic rings. The maximum absolute atomic E-state index is 11.2. The molecule has 0 saturated carbocycles. The van der Waals surface area contributed by atoms with Crippen LogP contribution >= 0.6 is 35.0 Å². The summed E-state index contributed by atoms with van der Waals surface area (Å²) in [6.07, 6.45) is 0. The zero-order valence-corrected chi connectivity index (χ0v) is 10.5. The smallest absolute Gasteiger partial charge is 0.230 e. The standard InChI is InChI=1S/C10H11Cl2NOS/c1-2-13-10(14)6-15-9-5-7(11)3-4-8(9)12/h3-5H,2,6H2,1H3,(H,13,14). The lowest BCUT2D eigenvalue weighted by Gasteiger charge is -2.04. The molecule has 0 heterocycles. The Morgan fingerprint density at radius 1 is 1.47 bits per heavy atom. The molecule has 1 N–H and O–H groups in total. The van der Waals surface area contributed by atoms with E-state index in [0.29, 0.717) is 22.3 Å². The number of hydrogen-bond donors (Lipinski definition) is 1. The van der Waals surface area contributed by atoms with E-state index in [9.17, 15) is 4.79 Å². The van der Waals surface area contributed by atoms with E-state index in [1.54, 1.807) is 18.2 Å². The second-order valence-electron chi connectivity index (χ2n) is 2.82. The fourth-order valence-electron chi connectivity index (χ4n) is 0.979. The normalized spacial score (nSPS) is 10.1. The average molecular weight is 264 g/mol. The van der Waals surface area contributed by atoms with Crippen LogP contribution in [0.2, 0.25) is 10.0 Å². The van der Waals surface area contributed by atoms with E-state index < -0.39 is 0 Å². The molecule has 0 unspecified atom stereocenters. The molecule has 0 fully saturated rings. The minimum atomic E-state index is -0.00135. The maximum atomic E-state index is 11.2. The van der Waals surface area contributed by atoms with Gasteiger partial charge in [-0.25, -0.2) is 0 Å². The number of hydrogen-bond acceptors (Lipinski definition) is 2. The van der Waals surface area contributed by atoms with Crippen LogP contribution in [0.15, 0.2) is 23.1 Å². The molecule has 0 radical (unpaired) electrons. The highest BCUT2D eigenvalue weighted by atomic mass is 35.5. The summed E-state index contributed by atoms with van der Waals surface area (Å²) in [5, 5.41) is 3.96. The predicted octanol–water partition coefficient (Wildman–Crippen LogP) is 3.22. The third kappa shape index (κ3) is 4.33. The zero-order valence-electron chi connectivity index (χ0n) is 8.22. The van der Waals surface area contributed by atoms with Gasteiger partial charge >= 0.3 is 0 Å². The Bertz CT molecular complexity index is 357. The summed E-state index contributed by atoms with van der Waals surface area (Å²) in [5.41, 5.74) is 0. The average Bonchev–Trinajstić information content (AvgIpc) is 2.20. The molecular weight excluding hydrogens is 253 g/mol. The van der Waals surface area contributed by atoms with Crippen molar-refractivity contribution < 1.29 is 4.79 Å². The number of amides is 1. The number of thioether (sulfide) groups is 1. The van der Waals surface area contributed by atoms with Crippen LogP contribution in [0.4, 0.5) is 0 Å². The summed E-state index contributed by atoms with van der Waals surface area (Å²) in [4.78, 5) is 12.0. The maximum Gasteiger partial charge on any atom is 0.230 e. The fraction of sp³-hybridized carbons (Fsp3) is 0.300. The van der Waals surface area contributed by atoms with Crippen LogP contribution in [0.25, 0.3) is 0 Å². The van der Waals surface area contributed by atoms with Gasteiger partial charge in [0.05, 0.1) is 10.8 Å². The van der Waals surface area contributed by atoms with Crippen molar-refractivity contribution >= 4 is 40.9 Å². The van der Waals surface area contributed by atoms with Gasteiger partial charge in [0, 0.05) is 16.5 Å². The minimum absolute atomic E-state index is 0.00135. The lowest BCUT2D eigenvalue weighted by Crippen LogP contribution is -2.24. The van der Waals surface area contributed by atoms with Gasteiger partial charge in [-0.05, 0) is 25.1 Å². The summed E-state index contributed by atoms with van der Waals surface area (Å²) >= 11 is 13.1. The first-order valence-electron chi connectivity index (χ1n) is 4.48. The number of halogens is 2. The van der Waals surface area contributed by atoms with Crippen LogP contribution in [0, 0.1) is 0 Å². The van der Waals surface area contributed by atoms with Gasteiger partial charge in [-0.1, -0.05) is 23.2 Å². The van der Waals surface area contributed by atoms with Crippen molar-refractivity contribution in [3.05, 3.63) is 28.2 Å². The van der Waals surface area contributed by atoms with Crippen LogP contribution in [-0.2, 0) is 4.79 Å². The summed E-state index contributed by atoms with van der Waals surface area (Å²) in [6.45, 7) is 2.53. The Labute approximate surface area is 103 Å². The molecule has 0 aromatic heterocycles. The van der Waals surface area contributed by atoms with Gasteiger partial charge in [0.25, 0.3) is 0 Å². The first-order chi connectivity index (χ1) is 7.13. The monoisotopic (exact) mass is 263 g/mol. The lowest BCUT2D eigenvalue weighted by molar-refractivity contribution is -0.118. The molecule has 0 saturated heterocycles. The van der Waals surface area contributed by atoms with Crippen LogP contribution in [0.5, 0.6) is 0 Å². The molecule has 0 aliphatic rings. The van der Waals surface area contributed by atoms with Crippen LogP contribution in [0.1, 0.15) is 6.92 Å². The van der Waals surface area contributed by atoms with Gasteiger partial charge < -0.3 is 5.32 Å². The van der Waals surface area contributed by atoms with Crippen LogP contribution in [0.3, 0.4) is 0 Å². The van der Waals surface area contributed by atoms with E-state index in [1.165, 1.54) is 11.8 Å². The molecule has 0 bridgehead atoms. The number of carbonyl (C=O) groups is 1. The summed E-state index contributed by atoms with van der Waals surface area (Å²) in [5.74, 6) is 0.354. The van der Waals surface area contributed by atoms with Crippen molar-refractivity contribution in [3.63, 3.8) is 0 Å². The first-order valence-corrected chi connectivity index (χ1v) is 6.22. The molecule has 1 rings (SSSR count). The van der Waals surface area contributed by atoms with Crippen molar-refractivity contribution in [1.29, 1.82) is 0 Å². The molecule has 0 aliphatic heterocycles. The van der Waals surface area contributed by atoms with Gasteiger partial charge in [0.2, 0.25) is 5.91 Å². The van der Waals surface area contributed by atoms with Gasteiger partial charge in [0.1, 0.15) is 0 Å². The van der Waals surface area contributed by atoms with Crippen molar-refractivity contribution in [2.75, 3.05) is 12.3 Å². The van der Waals surface area contributed by atoms with E-state index in [1.807, 2.05) is 6.92 Å². The first kappa shape index (κ1) is 12.7. The van der Waals surface area contributed by atoms with Gasteiger partial charge in [0.15, 0.2) is 0 Å². The van der Waals surface area contributed by atoms with Gasteiger partial charge in [-0.15, -0.1) is 11.8 Å². The molecular formula is C10H11Cl2NOS. The fourth-order valence-corrected chi connectivity index (χ4v) is 2.30. The second-order valence-corrected chi connectivity index (χ2v) is 4.68. The molecule has 0 atom stereocenters. The Morgan fingerprint density at radius 3 is 2.87 bits per heavy atom. The highest BCUT2D eigenvalue weighted by Crippen LogP contribution is 2.29. The van der Waals surface area contributed by atoms with E-state index in [0.717, 1.165) is 4.90 Å². The molecule has 0 aliphatic carbocycles. The highest BCUT2D eigenvalue weighted by molar-refractivity contribution is 8.00. The molecule has 2 nitrogen and oxygen atoms in total. The quantitative estimate of drug-likeness (QED) is 0.846. The minimum Gasteiger partial charge on any atom is -0.356 e.